The summed E-state index contributed by atoms with van der Waals surface area (Å²) in [6, 6.07) is 3.70. The Morgan fingerprint density at radius 1 is 1.69 bits per heavy atom. The number of nitrogens with one attached hydrogen (secondary N) is 1. The minimum absolute atomic E-state index is 0.0735. The van der Waals surface area contributed by atoms with Gasteiger partial charge in [-0.3, -0.25) is 9.78 Å². The molecule has 1 aromatic rings. The fourth-order valence-electron chi connectivity index (χ4n) is 1.24. The predicted octanol–water partition coefficient (Wildman–Crippen LogP) is 1.39. The van der Waals surface area contributed by atoms with Crippen LogP contribution in [0.5, 0.6) is 0 Å². The maximum Gasteiger partial charge on any atom is 0.240 e. The van der Waals surface area contributed by atoms with Crippen molar-refractivity contribution in [2.24, 2.45) is 5.73 Å². The van der Waals surface area contributed by atoms with E-state index in [1.807, 2.05) is 26.0 Å². The first-order valence-corrected chi connectivity index (χ1v) is 5.47. The van der Waals surface area contributed by atoms with Crippen LogP contribution in [-0.4, -0.2) is 16.4 Å². The molecule has 4 heteroatoms. The van der Waals surface area contributed by atoms with Crippen LogP contribution in [0, 0.1) is 0 Å². The van der Waals surface area contributed by atoms with Gasteiger partial charge in [-0.15, -0.1) is 0 Å². The summed E-state index contributed by atoms with van der Waals surface area (Å²) in [6.07, 6.45) is 4.06. The Morgan fingerprint density at radius 2 is 2.38 bits per heavy atom. The molecule has 1 aromatic heterocycles. The smallest absolute Gasteiger partial charge is 0.240 e. The molecule has 2 atom stereocenters. The molecule has 0 saturated carbocycles. The normalized spacial score (nSPS) is 16.2. The average molecular weight is 221 g/mol. The highest BCUT2D eigenvalue weighted by Crippen LogP contribution is 2.12. The molecule has 0 aliphatic carbocycles. The molecule has 1 rings (SSSR count). The lowest BCUT2D eigenvalue weighted by Gasteiger charge is -2.24. The highest BCUT2D eigenvalue weighted by Gasteiger charge is 2.27. The van der Waals surface area contributed by atoms with Crippen LogP contribution in [0.15, 0.2) is 24.5 Å². The van der Waals surface area contributed by atoms with Crippen molar-refractivity contribution in [1.29, 1.82) is 0 Å². The molecule has 0 bridgehead atoms. The molecule has 1 heterocycles. The average Bonchev–Trinajstić information content (AvgIpc) is 2.30. The van der Waals surface area contributed by atoms with Gasteiger partial charge in [0.05, 0.1) is 11.6 Å². The first-order valence-electron chi connectivity index (χ1n) is 5.47. The lowest BCUT2D eigenvalue weighted by Crippen LogP contribution is -2.51. The summed E-state index contributed by atoms with van der Waals surface area (Å²) < 4.78 is 0. The Labute approximate surface area is 96.3 Å². The topological polar surface area (TPSA) is 68.0 Å². The van der Waals surface area contributed by atoms with E-state index in [-0.39, 0.29) is 11.9 Å². The van der Waals surface area contributed by atoms with Gasteiger partial charge in [0.1, 0.15) is 0 Å². The van der Waals surface area contributed by atoms with Crippen LogP contribution in [0.1, 0.15) is 38.8 Å². The van der Waals surface area contributed by atoms with E-state index in [0.717, 1.165) is 5.56 Å². The Bertz CT molecular complexity index is 349. The third-order valence-corrected chi connectivity index (χ3v) is 2.79. The largest absolute Gasteiger partial charge is 0.348 e. The second-order valence-corrected chi connectivity index (χ2v) is 4.25. The monoisotopic (exact) mass is 221 g/mol. The highest BCUT2D eigenvalue weighted by atomic mass is 16.2. The van der Waals surface area contributed by atoms with Crippen LogP contribution in [-0.2, 0) is 4.79 Å². The van der Waals surface area contributed by atoms with Crippen LogP contribution >= 0.6 is 0 Å². The van der Waals surface area contributed by atoms with Crippen molar-refractivity contribution in [3.05, 3.63) is 30.1 Å². The van der Waals surface area contributed by atoms with Gasteiger partial charge in [-0.1, -0.05) is 13.0 Å². The zero-order valence-corrected chi connectivity index (χ0v) is 10.0. The van der Waals surface area contributed by atoms with Crippen molar-refractivity contribution < 1.29 is 4.79 Å². The fraction of sp³-hybridized carbons (Fsp3) is 0.500. The molecule has 0 spiro atoms. The third-order valence-electron chi connectivity index (χ3n) is 2.79. The van der Waals surface area contributed by atoms with E-state index in [4.69, 9.17) is 5.73 Å². The van der Waals surface area contributed by atoms with Crippen molar-refractivity contribution in [2.45, 2.75) is 38.8 Å². The summed E-state index contributed by atoms with van der Waals surface area (Å²) in [5.41, 5.74) is 6.02. The number of carbonyl (C=O) groups is 1. The summed E-state index contributed by atoms with van der Waals surface area (Å²) in [5.74, 6) is -0.133. The molecular weight excluding hydrogens is 202 g/mol. The molecular formula is C12H19N3O. The van der Waals surface area contributed by atoms with Gasteiger partial charge in [0, 0.05) is 12.4 Å². The van der Waals surface area contributed by atoms with Gasteiger partial charge >= 0.3 is 0 Å². The van der Waals surface area contributed by atoms with Gasteiger partial charge in [0.25, 0.3) is 0 Å². The standard InChI is InChI=1S/C12H19N3O/c1-4-12(3,13)11(16)15-9(2)10-6-5-7-14-8-10/h5-9H,4,13H2,1-3H3,(H,15,16)/t9-,12?/m0/s1. The number of aromatic nitrogens is 1. The molecule has 1 amide bonds. The number of carbonyl (C=O) groups excluding carboxylic acids is 1. The van der Waals surface area contributed by atoms with Crippen molar-refractivity contribution in [2.75, 3.05) is 0 Å². The zero-order chi connectivity index (χ0) is 12.2. The fourth-order valence-corrected chi connectivity index (χ4v) is 1.24. The SMILES string of the molecule is CCC(C)(N)C(=O)N[C@@H](C)c1cccnc1. The lowest BCUT2D eigenvalue weighted by molar-refractivity contribution is -0.126. The van der Waals surface area contributed by atoms with E-state index < -0.39 is 5.54 Å². The van der Waals surface area contributed by atoms with E-state index >= 15 is 0 Å². The van der Waals surface area contributed by atoms with Crippen LogP contribution in [0.3, 0.4) is 0 Å². The maximum absolute atomic E-state index is 11.8. The number of rotatable bonds is 4. The molecule has 0 aromatic carbocycles. The van der Waals surface area contributed by atoms with Gasteiger partial charge < -0.3 is 11.1 Å². The summed E-state index contributed by atoms with van der Waals surface area (Å²) in [4.78, 5) is 15.8. The number of hydrogen-bond acceptors (Lipinski definition) is 3. The Kier molecular flexibility index (Phi) is 4.01. The first-order chi connectivity index (χ1) is 7.47. The number of amides is 1. The second kappa shape index (κ2) is 5.07. The summed E-state index contributed by atoms with van der Waals surface area (Å²) in [5, 5.41) is 2.88. The first kappa shape index (κ1) is 12.6. The Morgan fingerprint density at radius 3 is 2.88 bits per heavy atom. The van der Waals surface area contributed by atoms with Gasteiger partial charge in [0.2, 0.25) is 5.91 Å². The van der Waals surface area contributed by atoms with Gasteiger partial charge in [-0.25, -0.2) is 0 Å². The van der Waals surface area contributed by atoms with Crippen LogP contribution in [0.4, 0.5) is 0 Å². The van der Waals surface area contributed by atoms with E-state index in [1.54, 1.807) is 19.3 Å². The van der Waals surface area contributed by atoms with Crippen molar-refractivity contribution >= 4 is 5.91 Å². The molecule has 0 saturated heterocycles. The van der Waals surface area contributed by atoms with Crippen molar-refractivity contribution in [3.8, 4) is 0 Å². The molecule has 0 aliphatic heterocycles. The molecule has 88 valence electrons. The minimum atomic E-state index is -0.809. The van der Waals surface area contributed by atoms with Gasteiger partial charge in [0.15, 0.2) is 0 Å². The Balaban J connectivity index is 2.66. The molecule has 4 nitrogen and oxygen atoms in total. The third kappa shape index (κ3) is 3.03. The lowest BCUT2D eigenvalue weighted by atomic mass is 9.98. The number of hydrogen-bond donors (Lipinski definition) is 2. The van der Waals surface area contributed by atoms with Crippen molar-refractivity contribution in [1.82, 2.24) is 10.3 Å². The number of nitrogens with zero attached hydrogens (tertiary/aromatic N) is 1. The van der Waals surface area contributed by atoms with E-state index in [1.165, 1.54) is 0 Å². The summed E-state index contributed by atoms with van der Waals surface area (Å²) >= 11 is 0. The van der Waals surface area contributed by atoms with Gasteiger partial charge in [-0.2, -0.15) is 0 Å². The zero-order valence-electron chi connectivity index (χ0n) is 10.0. The number of nitrogens with two attached hydrogens (primary N) is 1. The maximum atomic E-state index is 11.8. The molecule has 3 N–H and O–H groups in total. The predicted molar refractivity (Wildman–Crippen MR) is 63.7 cm³/mol. The summed E-state index contributed by atoms with van der Waals surface area (Å²) in [6.45, 7) is 5.55. The van der Waals surface area contributed by atoms with Crippen LogP contribution in [0.25, 0.3) is 0 Å². The molecule has 1 unspecified atom stereocenters. The summed E-state index contributed by atoms with van der Waals surface area (Å²) in [7, 11) is 0. The Hall–Kier alpha value is -1.42. The minimum Gasteiger partial charge on any atom is -0.348 e. The molecule has 0 fully saturated rings. The molecule has 0 radical (unpaired) electrons. The van der Waals surface area contributed by atoms with E-state index in [9.17, 15) is 4.79 Å². The quantitative estimate of drug-likeness (QED) is 0.807. The van der Waals surface area contributed by atoms with E-state index in [0.29, 0.717) is 6.42 Å². The van der Waals surface area contributed by atoms with Crippen molar-refractivity contribution in [3.63, 3.8) is 0 Å². The van der Waals surface area contributed by atoms with Crippen LogP contribution < -0.4 is 11.1 Å². The second-order valence-electron chi connectivity index (χ2n) is 4.25. The van der Waals surface area contributed by atoms with Crippen LogP contribution in [0.2, 0.25) is 0 Å². The van der Waals surface area contributed by atoms with E-state index in [2.05, 4.69) is 10.3 Å². The molecule has 16 heavy (non-hydrogen) atoms. The van der Waals surface area contributed by atoms with Gasteiger partial charge in [-0.05, 0) is 31.9 Å². The molecule has 0 aliphatic rings. The highest BCUT2D eigenvalue weighted by molar-refractivity contribution is 5.85. The number of pyridine rings is 1.